The summed E-state index contributed by atoms with van der Waals surface area (Å²) in [4.78, 5) is 0. The molecule has 1 heterocycles. The highest BCUT2D eigenvalue weighted by Gasteiger charge is 2.25. The van der Waals surface area contributed by atoms with Crippen LogP contribution in [0.3, 0.4) is 0 Å². The van der Waals surface area contributed by atoms with Crippen molar-refractivity contribution in [3.8, 4) is 0 Å². The molecule has 0 unspecified atom stereocenters. The Labute approximate surface area is 105 Å². The average Bonchev–Trinajstić information content (AvgIpc) is 3.11. The molecule has 3 rings (SSSR count). The van der Waals surface area contributed by atoms with Crippen molar-refractivity contribution in [1.29, 1.82) is 0 Å². The Balaban J connectivity index is 1.72. The summed E-state index contributed by atoms with van der Waals surface area (Å²) in [6, 6.07) is 8.69. The van der Waals surface area contributed by atoms with Gasteiger partial charge in [0.15, 0.2) is 0 Å². The highest BCUT2D eigenvalue weighted by atomic mass is 32.1. The smallest absolute Gasteiger partial charge is 0.205 e. The fraction of sp³-hybridized carbons (Fsp3) is 0.385. The molecule has 1 saturated carbocycles. The first-order valence-corrected chi connectivity index (χ1v) is 6.76. The molecule has 0 radical (unpaired) electrons. The van der Waals surface area contributed by atoms with E-state index >= 15 is 0 Å². The zero-order chi connectivity index (χ0) is 11.7. The van der Waals surface area contributed by atoms with E-state index in [9.17, 15) is 0 Å². The molecule has 88 valence electrons. The highest BCUT2D eigenvalue weighted by Crippen LogP contribution is 2.41. The lowest BCUT2D eigenvalue weighted by Gasteiger charge is -2.08. The summed E-state index contributed by atoms with van der Waals surface area (Å²) in [5.41, 5.74) is 2.89. The van der Waals surface area contributed by atoms with Crippen molar-refractivity contribution in [3.05, 3.63) is 40.4 Å². The van der Waals surface area contributed by atoms with Gasteiger partial charge in [-0.2, -0.15) is 0 Å². The number of hydrogen-bond donors (Lipinski definition) is 1. The van der Waals surface area contributed by atoms with Crippen LogP contribution in [-0.2, 0) is 6.54 Å². The van der Waals surface area contributed by atoms with Crippen molar-refractivity contribution in [3.63, 3.8) is 0 Å². The molecule has 1 N–H and O–H groups in total. The topological polar surface area (TPSA) is 37.8 Å². The monoisotopic (exact) mass is 245 g/mol. The maximum atomic E-state index is 4.08. The van der Waals surface area contributed by atoms with Crippen LogP contribution in [0, 0.1) is 6.92 Å². The molecule has 0 amide bonds. The van der Waals surface area contributed by atoms with Crippen LogP contribution in [0.2, 0.25) is 0 Å². The van der Waals surface area contributed by atoms with Crippen LogP contribution in [0.15, 0.2) is 24.3 Å². The number of aromatic nitrogens is 2. The molecule has 1 aromatic carbocycles. The molecule has 0 saturated heterocycles. The molecule has 0 spiro atoms. The van der Waals surface area contributed by atoms with Crippen LogP contribution in [0.25, 0.3) is 0 Å². The molecule has 1 aromatic heterocycles. The number of aryl methyl sites for hydroxylation is 1. The number of anilines is 1. The van der Waals surface area contributed by atoms with Gasteiger partial charge >= 0.3 is 0 Å². The van der Waals surface area contributed by atoms with E-state index in [0.29, 0.717) is 0 Å². The predicted molar refractivity (Wildman–Crippen MR) is 70.4 cm³/mol. The van der Waals surface area contributed by atoms with Crippen LogP contribution >= 0.6 is 11.3 Å². The van der Waals surface area contributed by atoms with E-state index in [1.54, 1.807) is 11.3 Å². The minimum absolute atomic E-state index is 0.796. The largest absolute Gasteiger partial charge is 0.356 e. The van der Waals surface area contributed by atoms with Crippen molar-refractivity contribution in [1.82, 2.24) is 10.2 Å². The standard InChI is InChI=1S/C13H15N3S/c1-9-15-16-13(17-9)14-8-11-4-2-3-5-12(11)10-6-7-10/h2-5,10H,6-8H2,1H3,(H,14,16). The van der Waals surface area contributed by atoms with Gasteiger partial charge in [0.05, 0.1) is 0 Å². The maximum Gasteiger partial charge on any atom is 0.205 e. The van der Waals surface area contributed by atoms with Gasteiger partial charge in [-0.05, 0) is 36.8 Å². The van der Waals surface area contributed by atoms with Gasteiger partial charge in [-0.1, -0.05) is 35.6 Å². The van der Waals surface area contributed by atoms with Crippen LogP contribution in [0.4, 0.5) is 5.13 Å². The Morgan fingerprint density at radius 1 is 1.29 bits per heavy atom. The van der Waals surface area contributed by atoms with Crippen LogP contribution < -0.4 is 5.32 Å². The van der Waals surface area contributed by atoms with E-state index in [2.05, 4.69) is 39.8 Å². The second-order valence-electron chi connectivity index (χ2n) is 4.45. The summed E-state index contributed by atoms with van der Waals surface area (Å²) in [5, 5.41) is 13.3. The van der Waals surface area contributed by atoms with E-state index < -0.39 is 0 Å². The van der Waals surface area contributed by atoms with Gasteiger partial charge in [0.25, 0.3) is 0 Å². The minimum atomic E-state index is 0.796. The molecule has 1 aliphatic rings. The molecule has 3 nitrogen and oxygen atoms in total. The van der Waals surface area contributed by atoms with Crippen molar-refractivity contribution < 1.29 is 0 Å². The Morgan fingerprint density at radius 3 is 2.82 bits per heavy atom. The second kappa shape index (κ2) is 4.45. The summed E-state index contributed by atoms with van der Waals surface area (Å²) in [7, 11) is 0. The lowest BCUT2D eigenvalue weighted by molar-refractivity contribution is 1.00. The van der Waals surface area contributed by atoms with Gasteiger partial charge in [0.2, 0.25) is 5.13 Å². The molecule has 17 heavy (non-hydrogen) atoms. The third kappa shape index (κ3) is 2.47. The minimum Gasteiger partial charge on any atom is -0.356 e. The van der Waals surface area contributed by atoms with Gasteiger partial charge in [0.1, 0.15) is 5.01 Å². The lowest BCUT2D eigenvalue weighted by atomic mass is 10.0. The molecule has 4 heteroatoms. The lowest BCUT2D eigenvalue weighted by Crippen LogP contribution is -2.02. The Bertz CT molecular complexity index is 517. The van der Waals surface area contributed by atoms with Crippen LogP contribution in [0.1, 0.15) is 34.9 Å². The second-order valence-corrected chi connectivity index (χ2v) is 5.63. The normalized spacial score (nSPS) is 14.9. The zero-order valence-electron chi connectivity index (χ0n) is 9.81. The summed E-state index contributed by atoms with van der Waals surface area (Å²) in [6.45, 7) is 2.82. The average molecular weight is 245 g/mol. The summed E-state index contributed by atoms with van der Waals surface area (Å²) < 4.78 is 0. The van der Waals surface area contributed by atoms with E-state index in [1.165, 1.54) is 24.0 Å². The van der Waals surface area contributed by atoms with Crippen molar-refractivity contribution >= 4 is 16.5 Å². The fourth-order valence-corrected chi connectivity index (χ4v) is 2.61. The third-order valence-corrected chi connectivity index (χ3v) is 3.82. The van der Waals surface area contributed by atoms with Gasteiger partial charge in [-0.15, -0.1) is 10.2 Å². The number of benzene rings is 1. The predicted octanol–water partition coefficient (Wildman–Crippen LogP) is 3.34. The zero-order valence-corrected chi connectivity index (χ0v) is 10.6. The van der Waals surface area contributed by atoms with Gasteiger partial charge in [-0.3, -0.25) is 0 Å². The molecule has 0 bridgehead atoms. The maximum absolute atomic E-state index is 4.08. The number of hydrogen-bond acceptors (Lipinski definition) is 4. The molecule has 1 fully saturated rings. The molecule has 1 aliphatic carbocycles. The van der Waals surface area contributed by atoms with Gasteiger partial charge in [0, 0.05) is 6.54 Å². The van der Waals surface area contributed by atoms with Crippen LogP contribution in [-0.4, -0.2) is 10.2 Å². The third-order valence-electron chi connectivity index (χ3n) is 3.03. The van der Waals surface area contributed by atoms with Crippen molar-refractivity contribution in [2.45, 2.75) is 32.2 Å². The number of nitrogens with one attached hydrogen (secondary N) is 1. The quantitative estimate of drug-likeness (QED) is 0.897. The van der Waals surface area contributed by atoms with Gasteiger partial charge in [-0.25, -0.2) is 0 Å². The fourth-order valence-electron chi connectivity index (χ4n) is 2.03. The molecule has 0 aliphatic heterocycles. The first-order chi connectivity index (χ1) is 8.33. The van der Waals surface area contributed by atoms with E-state index in [1.807, 2.05) is 6.92 Å². The molecular weight excluding hydrogens is 230 g/mol. The highest BCUT2D eigenvalue weighted by molar-refractivity contribution is 7.15. The van der Waals surface area contributed by atoms with Crippen molar-refractivity contribution in [2.75, 3.05) is 5.32 Å². The molecule has 2 aromatic rings. The first-order valence-electron chi connectivity index (χ1n) is 5.95. The number of rotatable bonds is 4. The summed E-state index contributed by atoms with van der Waals surface area (Å²) in [5.74, 6) is 0.796. The molecule has 0 atom stereocenters. The summed E-state index contributed by atoms with van der Waals surface area (Å²) in [6.07, 6.45) is 2.68. The van der Waals surface area contributed by atoms with Crippen molar-refractivity contribution in [2.24, 2.45) is 0 Å². The SMILES string of the molecule is Cc1nnc(NCc2ccccc2C2CC2)s1. The molecular formula is C13H15N3S. The summed E-state index contributed by atoms with van der Waals surface area (Å²) >= 11 is 1.60. The number of nitrogens with zero attached hydrogens (tertiary/aromatic N) is 2. The van der Waals surface area contributed by atoms with E-state index in [-0.39, 0.29) is 0 Å². The first kappa shape index (κ1) is 10.7. The van der Waals surface area contributed by atoms with Gasteiger partial charge < -0.3 is 5.32 Å². The van der Waals surface area contributed by atoms with Crippen LogP contribution in [0.5, 0.6) is 0 Å². The Hall–Kier alpha value is -1.42. The van der Waals surface area contributed by atoms with E-state index in [4.69, 9.17) is 0 Å². The van der Waals surface area contributed by atoms with E-state index in [0.717, 1.165) is 22.6 Å². The Kier molecular flexibility index (Phi) is 2.81. The Morgan fingerprint density at radius 2 is 2.12 bits per heavy atom.